The molecule has 0 bridgehead atoms. The standard InChI is InChI=1S/C76H104N18O19S2.Ca.2H/c1-41(79)64(100)82-37-61(99)83-58-39-114-115-40-59(76(112)113)92-72(108)57(38-95)91-75(111)63(43(3)97)94-71(107)54(33-46-23-11-6-12-24-46)90-74(110)62(42(2)96)93-66(102)51(28-16-18-30-78)84-69(105)55(34-47-36-81-49-26-14-13-25-48(47)49)88-68(104)53(32-45-21-9-5-10-22-45)86-67(103)52(31-44-19-7-4-8-20-44)87-70(106)56(35-60(80)98)89-65(101)50(85-73(58)109)27-15-17-29-77;;;/h4-14,19-26,36,41-43,50-59,62-63,81,95-97H,15-18,27-35,37-40,77-79H2,1-3H3,(H2,80,98)(H,82,100)(H,83,99)(H,84,105)(H,85,109)(H,86,103)(H,87,106)(H,88,104)(H,89,101)(H,90,110)(H,91,111)(H,92,108)(H,93,102)(H,94,107)(H,112,113);;;/q;+2;2*-1/t41-,42?,43?,50-,51-,52-,53-,54-,55-,56-,57-,58-,59-,62-,63-;;;/m0.../s1. The number of H-pyrrole nitrogens is 1. The zero-order valence-corrected chi connectivity index (χ0v) is 68.3. The maximum atomic E-state index is 15.4. The number of nitrogens with one attached hydrogen (secondary N) is 14. The average molecular weight is 1680 g/mol. The fourth-order valence-electron chi connectivity index (χ4n) is 11.9. The predicted octanol–water partition coefficient (Wildman–Crippen LogP) is -5.07. The van der Waals surface area contributed by atoms with Gasteiger partial charge in [0.25, 0.3) is 0 Å². The van der Waals surface area contributed by atoms with E-state index in [2.05, 4.69) is 74.1 Å². The number of amides is 14. The molecule has 5 aromatic rings. The Balaban J connectivity index is 0.0000120. The molecule has 1 saturated heterocycles. The number of carbonyl (C=O) groups excluding carboxylic acids is 14. The van der Waals surface area contributed by atoms with Gasteiger partial charge >= 0.3 is 43.7 Å². The molecule has 40 heteroatoms. The van der Waals surface area contributed by atoms with Crippen molar-refractivity contribution in [1.29, 1.82) is 0 Å². The van der Waals surface area contributed by atoms with Crippen LogP contribution in [0.5, 0.6) is 0 Å². The molecule has 37 nitrogen and oxygen atoms in total. The molecule has 0 spiro atoms. The number of hydrogen-bond donors (Lipinski definition) is 22. The molecule has 2 unspecified atom stereocenters. The van der Waals surface area contributed by atoms with Gasteiger partial charge in [-0.3, -0.25) is 67.1 Å². The summed E-state index contributed by atoms with van der Waals surface area (Å²) in [6.45, 7) is 1.88. The van der Waals surface area contributed by atoms with E-state index in [-0.39, 0.29) is 111 Å². The van der Waals surface area contributed by atoms with Gasteiger partial charge in [-0.05, 0) is 101 Å². The van der Waals surface area contributed by atoms with Crippen molar-refractivity contribution in [1.82, 2.24) is 74.1 Å². The number of carbonyl (C=O) groups is 15. The molecule has 1 fully saturated rings. The Hall–Kier alpha value is -9.81. The summed E-state index contributed by atoms with van der Waals surface area (Å²) in [7, 11) is 1.49. The largest absolute Gasteiger partial charge is 2.00 e. The summed E-state index contributed by atoms with van der Waals surface area (Å²) in [5.41, 5.74) is 25.6. The van der Waals surface area contributed by atoms with Gasteiger partial charge in [-0.15, -0.1) is 0 Å². The minimum Gasteiger partial charge on any atom is -1.00 e. The molecule has 0 saturated carbocycles. The minimum atomic E-state index is -1.99. The van der Waals surface area contributed by atoms with Crippen molar-refractivity contribution in [3.8, 4) is 0 Å². The third kappa shape index (κ3) is 32.0. The van der Waals surface area contributed by atoms with Crippen molar-refractivity contribution in [3.63, 3.8) is 0 Å². The van der Waals surface area contributed by atoms with Crippen molar-refractivity contribution in [2.24, 2.45) is 22.9 Å². The summed E-state index contributed by atoms with van der Waals surface area (Å²) in [5, 5.41) is 76.1. The molecule has 1 aliphatic rings. The maximum Gasteiger partial charge on any atom is 2.00 e. The Kier molecular flexibility index (Phi) is 41.7. The molecule has 6 rings (SSSR count). The van der Waals surface area contributed by atoms with Crippen molar-refractivity contribution >= 4 is 159 Å². The number of rotatable bonds is 26. The van der Waals surface area contributed by atoms with Crippen LogP contribution in [0.4, 0.5) is 0 Å². The number of nitrogens with two attached hydrogens (primary N) is 4. The van der Waals surface area contributed by atoms with Gasteiger partial charge in [-0.25, -0.2) is 4.79 Å². The van der Waals surface area contributed by atoms with E-state index in [1.165, 1.54) is 6.92 Å². The van der Waals surface area contributed by atoms with Gasteiger partial charge in [-0.2, -0.15) is 0 Å². The summed E-state index contributed by atoms with van der Waals surface area (Å²) < 4.78 is 0. The smallest absolute Gasteiger partial charge is 1.00 e. The first kappa shape index (κ1) is 96.8. The summed E-state index contributed by atoms with van der Waals surface area (Å²) in [6.07, 6.45) is -3.48. The number of hydrogen-bond acceptors (Lipinski definition) is 23. The molecule has 1 aliphatic heterocycles. The summed E-state index contributed by atoms with van der Waals surface area (Å²) in [6, 6.07) is 9.57. The fraction of sp³-hybridized carbons (Fsp3) is 0.461. The number of unbranched alkanes of at least 4 members (excludes halogenated alkanes) is 2. The number of aromatic nitrogens is 1. The number of benzene rings is 4. The van der Waals surface area contributed by atoms with E-state index in [9.17, 15) is 78.0 Å². The molecule has 4 aromatic carbocycles. The van der Waals surface area contributed by atoms with Crippen LogP contribution in [0.3, 0.4) is 0 Å². The topological polar surface area (TPSA) is 613 Å². The molecule has 14 amide bonds. The Morgan fingerprint density at radius 3 is 1.31 bits per heavy atom. The van der Waals surface area contributed by atoms with Gasteiger partial charge in [-0.1, -0.05) is 131 Å². The third-order valence-electron chi connectivity index (χ3n) is 18.3. The van der Waals surface area contributed by atoms with Crippen LogP contribution in [0.2, 0.25) is 0 Å². The first-order valence-corrected chi connectivity index (χ1v) is 39.8. The molecule has 15 atom stereocenters. The SMILES string of the molecule is CC(O)[C@@H]1NC(=O)[C@H](Cc2ccccc2)NC(=O)[C@H](C(C)O)NC(=O)[C@H](CCCCN)NC(=O)[C@H](Cc2c[nH]c3ccccc23)NC(=O)[C@H](Cc2ccccc2)NC(=O)[C@H](Cc2ccccc2)NC(=O)[C@H](CC(N)=O)NC(=O)[C@H](CCCCN)NC(=O)[C@@H](NC(=O)CNC(=O)[C@H](C)N)CSSC[C@@H](C(=O)O)NC(=O)[C@H](CO)NC1=O.[Ca+2].[H-].[H-]. The number of aliphatic carboxylic acids is 1. The van der Waals surface area contributed by atoms with Crippen LogP contribution >= 0.6 is 21.6 Å². The van der Waals surface area contributed by atoms with E-state index in [1.54, 1.807) is 121 Å². The predicted molar refractivity (Wildman–Crippen MR) is 433 cm³/mol. The van der Waals surface area contributed by atoms with Crippen molar-refractivity contribution < 1.29 is 95.2 Å². The first-order valence-electron chi connectivity index (χ1n) is 37.4. The van der Waals surface area contributed by atoms with Gasteiger partial charge in [0.1, 0.15) is 72.5 Å². The van der Waals surface area contributed by atoms with Crippen molar-refractivity contribution in [3.05, 3.63) is 144 Å². The molecule has 116 heavy (non-hydrogen) atoms. The molecule has 1 aromatic heterocycles. The first-order chi connectivity index (χ1) is 54.9. The molecule has 2 heterocycles. The monoisotopic (exact) mass is 1680 g/mol. The van der Waals surface area contributed by atoms with Gasteiger partial charge in [0, 0.05) is 54.3 Å². The van der Waals surface area contributed by atoms with Crippen LogP contribution in [0, 0.1) is 0 Å². The molecule has 0 aliphatic carbocycles. The second-order valence-electron chi connectivity index (χ2n) is 27.6. The van der Waals surface area contributed by atoms with E-state index in [0.717, 1.165) is 35.4 Å². The van der Waals surface area contributed by atoms with Crippen LogP contribution < -0.4 is 92.1 Å². The second-order valence-corrected chi connectivity index (χ2v) is 30.1. The van der Waals surface area contributed by atoms with Crippen molar-refractivity contribution in [2.75, 3.05) is 37.7 Å². The number of fused-ring (bicyclic) bond motifs is 1. The fourth-order valence-corrected chi connectivity index (χ4v) is 14.3. The molecular weight excluding hydrogens is 1570 g/mol. The van der Waals surface area contributed by atoms with Crippen LogP contribution in [-0.2, 0) is 97.6 Å². The van der Waals surface area contributed by atoms with Crippen LogP contribution in [0.1, 0.15) is 90.8 Å². The van der Waals surface area contributed by atoms with Crippen molar-refractivity contribution in [2.45, 2.75) is 182 Å². The number of aliphatic hydroxyl groups excluding tert-OH is 3. The van der Waals surface area contributed by atoms with Gasteiger partial charge < -0.3 is 120 Å². The van der Waals surface area contributed by atoms with Crippen LogP contribution in [-0.4, -0.2) is 280 Å². The Morgan fingerprint density at radius 1 is 0.483 bits per heavy atom. The number of aliphatic hydroxyl groups is 3. The summed E-state index contributed by atoms with van der Waals surface area (Å²) in [4.78, 5) is 217. The van der Waals surface area contributed by atoms with Gasteiger partial charge in [0.2, 0.25) is 82.7 Å². The minimum absolute atomic E-state index is 0. The normalized spacial score (nSPS) is 23.5. The Morgan fingerprint density at radius 2 is 0.862 bits per heavy atom. The molecule has 26 N–H and O–H groups in total. The van der Waals surface area contributed by atoms with E-state index >= 15 is 14.4 Å². The number of primary amides is 1. The number of carboxylic acid groups (broad SMARTS) is 1. The number of carboxylic acids is 1. The zero-order valence-electron chi connectivity index (χ0n) is 66.5. The zero-order chi connectivity index (χ0) is 84.3. The van der Waals surface area contributed by atoms with Gasteiger partial charge in [0.15, 0.2) is 0 Å². The average Bonchev–Trinajstić information content (AvgIpc) is 1.77. The van der Waals surface area contributed by atoms with E-state index in [0.29, 0.717) is 39.6 Å². The van der Waals surface area contributed by atoms with Crippen LogP contribution in [0.15, 0.2) is 121 Å². The number of para-hydroxylation sites is 1. The van der Waals surface area contributed by atoms with E-state index < -0.39 is 210 Å². The maximum absolute atomic E-state index is 15.4. The van der Waals surface area contributed by atoms with Gasteiger partial charge in [0.05, 0.1) is 37.8 Å². The Bertz CT molecular complexity index is 4150. The molecule has 0 radical (unpaired) electrons. The van der Waals surface area contributed by atoms with E-state index in [4.69, 9.17) is 22.9 Å². The van der Waals surface area contributed by atoms with Crippen LogP contribution in [0.25, 0.3) is 10.9 Å². The molecular formula is C76H106CaN18O19S2. The Labute approximate surface area is 710 Å². The summed E-state index contributed by atoms with van der Waals surface area (Å²) >= 11 is 0. The third-order valence-corrected chi connectivity index (χ3v) is 20.7. The number of aromatic amines is 1. The summed E-state index contributed by atoms with van der Waals surface area (Å²) in [5.74, 6) is -17.7. The molecule has 628 valence electrons. The second kappa shape index (κ2) is 50.0. The quantitative estimate of drug-likeness (QED) is 0.0140. The van der Waals surface area contributed by atoms with E-state index in [1.807, 2.05) is 0 Å².